The number of amidine groups is 1. The molecule has 3 aliphatic rings. The molecule has 0 bridgehead atoms. The maximum absolute atomic E-state index is 5.22. The summed E-state index contributed by atoms with van der Waals surface area (Å²) in [7, 11) is 0. The van der Waals surface area contributed by atoms with E-state index < -0.39 is 0 Å². The van der Waals surface area contributed by atoms with Crippen LogP contribution >= 0.6 is 0 Å². The van der Waals surface area contributed by atoms with Crippen molar-refractivity contribution in [2.45, 2.75) is 18.6 Å². The van der Waals surface area contributed by atoms with E-state index >= 15 is 0 Å². The zero-order chi connectivity index (χ0) is 37.0. The molecule has 3 heterocycles. The number of aliphatic imine (C=N–C) groups is 1. The van der Waals surface area contributed by atoms with Crippen molar-refractivity contribution >= 4 is 55.9 Å². The molecule has 266 valence electrons. The molecule has 0 amide bonds. The molecule has 2 atom stereocenters. The van der Waals surface area contributed by atoms with E-state index in [0.29, 0.717) is 0 Å². The van der Waals surface area contributed by atoms with Crippen molar-refractivity contribution in [2.24, 2.45) is 4.99 Å². The molecule has 7 aromatic carbocycles. The molecule has 2 aliphatic heterocycles. The second-order valence-electron chi connectivity index (χ2n) is 14.8. The maximum atomic E-state index is 5.22. The summed E-state index contributed by atoms with van der Waals surface area (Å²) in [6.07, 6.45) is 7.90. The number of rotatable bonds is 6. The largest absolute Gasteiger partial charge is 0.346 e. The first-order valence-corrected chi connectivity index (χ1v) is 19.4. The molecule has 11 rings (SSSR count). The minimum atomic E-state index is -0.171. The van der Waals surface area contributed by atoms with Gasteiger partial charge in [0, 0.05) is 38.8 Å². The summed E-state index contributed by atoms with van der Waals surface area (Å²) in [6, 6.07) is 65.5. The number of nitrogens with zero attached hydrogens (tertiary/aromatic N) is 3. The predicted octanol–water partition coefficient (Wildman–Crippen LogP) is 12.4. The van der Waals surface area contributed by atoms with Crippen LogP contribution in [0.15, 0.2) is 205 Å². The van der Waals surface area contributed by atoms with E-state index in [1.807, 2.05) is 0 Å². The fourth-order valence-electron chi connectivity index (χ4n) is 8.91. The molecule has 0 fully saturated rings. The molecule has 1 unspecified atom stereocenters. The maximum Gasteiger partial charge on any atom is 0.135 e. The summed E-state index contributed by atoms with van der Waals surface area (Å²) in [5, 5.41) is 6.31. The van der Waals surface area contributed by atoms with Gasteiger partial charge in [0.15, 0.2) is 0 Å². The van der Waals surface area contributed by atoms with Crippen molar-refractivity contribution < 1.29 is 0 Å². The number of fused-ring (bicyclic) bond motifs is 6. The van der Waals surface area contributed by atoms with Crippen LogP contribution in [0.4, 0.5) is 11.4 Å². The lowest BCUT2D eigenvalue weighted by Gasteiger charge is -2.29. The van der Waals surface area contributed by atoms with Crippen LogP contribution in [0, 0.1) is 0 Å². The lowest BCUT2D eigenvalue weighted by molar-refractivity contribution is 0.600. The molecule has 0 saturated heterocycles. The number of aromatic nitrogens is 1. The Labute approximate surface area is 326 Å². The van der Waals surface area contributed by atoms with Gasteiger partial charge in [0.05, 0.1) is 22.8 Å². The van der Waals surface area contributed by atoms with E-state index in [9.17, 15) is 0 Å². The third kappa shape index (κ3) is 5.41. The lowest BCUT2D eigenvalue weighted by atomic mass is 9.89. The van der Waals surface area contributed by atoms with Crippen molar-refractivity contribution in [2.75, 3.05) is 4.90 Å². The Balaban J connectivity index is 1.00. The van der Waals surface area contributed by atoms with Crippen molar-refractivity contribution in [1.29, 1.82) is 0 Å². The third-order valence-electron chi connectivity index (χ3n) is 11.5. The second-order valence-corrected chi connectivity index (χ2v) is 14.8. The van der Waals surface area contributed by atoms with Gasteiger partial charge < -0.3 is 14.8 Å². The van der Waals surface area contributed by atoms with Crippen molar-refractivity contribution in [3.8, 4) is 11.1 Å². The van der Waals surface area contributed by atoms with Gasteiger partial charge in [-0.15, -0.1) is 0 Å². The molecule has 4 heteroatoms. The normalized spacial score (nSPS) is 17.4. The summed E-state index contributed by atoms with van der Waals surface area (Å²) in [5.41, 5.74) is 15.6. The molecule has 1 N–H and O–H groups in total. The summed E-state index contributed by atoms with van der Waals surface area (Å²) in [5.74, 6) is 0.859. The molecule has 1 aliphatic carbocycles. The first-order chi connectivity index (χ1) is 27.8. The fraction of sp³-hybridized carbons (Fsp3) is 0.0577. The van der Waals surface area contributed by atoms with E-state index in [2.05, 4.69) is 215 Å². The summed E-state index contributed by atoms with van der Waals surface area (Å²) < 4.78 is 2.44. The van der Waals surface area contributed by atoms with E-state index in [1.165, 1.54) is 66.6 Å². The van der Waals surface area contributed by atoms with Crippen molar-refractivity contribution in [1.82, 2.24) is 9.88 Å². The van der Waals surface area contributed by atoms with Crippen LogP contribution in [-0.4, -0.2) is 16.4 Å². The summed E-state index contributed by atoms with van der Waals surface area (Å²) in [4.78, 5) is 7.73. The Morgan fingerprint density at radius 3 is 1.96 bits per heavy atom. The molecular weight excluding hydrogens is 681 g/mol. The topological polar surface area (TPSA) is 32.6 Å². The van der Waals surface area contributed by atoms with Crippen LogP contribution in [0.5, 0.6) is 0 Å². The van der Waals surface area contributed by atoms with Crippen molar-refractivity contribution in [3.05, 3.63) is 222 Å². The molecule has 0 spiro atoms. The molecular formula is C52H38N4. The Morgan fingerprint density at radius 1 is 0.536 bits per heavy atom. The molecule has 8 aromatic rings. The van der Waals surface area contributed by atoms with Crippen LogP contribution in [-0.2, 0) is 0 Å². The van der Waals surface area contributed by atoms with E-state index in [-0.39, 0.29) is 12.2 Å². The zero-order valence-corrected chi connectivity index (χ0v) is 30.8. The molecule has 4 nitrogen and oxygen atoms in total. The van der Waals surface area contributed by atoms with Gasteiger partial charge in [-0.1, -0.05) is 152 Å². The number of benzene rings is 7. The highest BCUT2D eigenvalue weighted by Gasteiger charge is 2.36. The summed E-state index contributed by atoms with van der Waals surface area (Å²) >= 11 is 0. The average molecular weight is 719 g/mol. The van der Waals surface area contributed by atoms with Crippen LogP contribution in [0.25, 0.3) is 49.8 Å². The quantitative estimate of drug-likeness (QED) is 0.186. The number of anilines is 2. The van der Waals surface area contributed by atoms with Crippen LogP contribution in [0.3, 0.4) is 0 Å². The number of hydrogen-bond acceptors (Lipinski definition) is 3. The number of allylic oxidation sites excluding steroid dienone is 2. The highest BCUT2D eigenvalue weighted by atomic mass is 15.2. The molecule has 56 heavy (non-hydrogen) atoms. The van der Waals surface area contributed by atoms with Gasteiger partial charge in [-0.25, -0.2) is 4.99 Å². The van der Waals surface area contributed by atoms with E-state index in [0.717, 1.165) is 29.1 Å². The molecule has 0 saturated carbocycles. The number of nitrogens with one attached hydrogen (secondary N) is 1. The van der Waals surface area contributed by atoms with Gasteiger partial charge in [-0.2, -0.15) is 0 Å². The lowest BCUT2D eigenvalue weighted by Crippen LogP contribution is -2.34. The number of hydrogen-bond donors (Lipinski definition) is 1. The standard InChI is InChI=1S/C52H38N4/c1-4-14-35(15-5-1)36-24-26-37(27-25-36)46-34-51(54-52(53-46)38-16-6-2-7-17-38)56-48-23-13-11-21-43(48)45-33-40(29-31-50(45)56)39-28-30-49-44(32-39)42-20-10-12-22-47(42)55(49)41-18-8-3-9-19-41/h1-29,31-34,49,51H,30H2,(H,53,54)/t49-,51?/m0/s1. The van der Waals surface area contributed by atoms with Gasteiger partial charge in [0.25, 0.3) is 0 Å². The average Bonchev–Trinajstić information content (AvgIpc) is 3.79. The van der Waals surface area contributed by atoms with Crippen LogP contribution in [0.2, 0.25) is 0 Å². The van der Waals surface area contributed by atoms with Gasteiger partial charge in [-0.3, -0.25) is 0 Å². The van der Waals surface area contributed by atoms with Gasteiger partial charge in [0.2, 0.25) is 0 Å². The fourth-order valence-corrected chi connectivity index (χ4v) is 8.91. The molecule has 1 aromatic heterocycles. The van der Waals surface area contributed by atoms with Gasteiger partial charge >= 0.3 is 0 Å². The predicted molar refractivity (Wildman–Crippen MR) is 234 cm³/mol. The van der Waals surface area contributed by atoms with Gasteiger partial charge in [-0.05, 0) is 82.8 Å². The van der Waals surface area contributed by atoms with E-state index in [1.54, 1.807) is 0 Å². The third-order valence-corrected chi connectivity index (χ3v) is 11.5. The highest BCUT2D eigenvalue weighted by Crippen LogP contribution is 2.49. The number of para-hydroxylation sites is 3. The first-order valence-electron chi connectivity index (χ1n) is 19.4. The van der Waals surface area contributed by atoms with Crippen molar-refractivity contribution in [3.63, 3.8) is 0 Å². The zero-order valence-electron chi connectivity index (χ0n) is 30.8. The Morgan fingerprint density at radius 2 is 1.16 bits per heavy atom. The molecule has 0 radical (unpaired) electrons. The SMILES string of the molecule is C1=C(c2ccc3c(c2)c2ccccc2n3C2C=C(c3ccc(-c4ccccc4)cc3)N=C(c3ccccc3)N2)C=C2c3ccccc3N(c3ccccc3)[C@H]2C1. The smallest absolute Gasteiger partial charge is 0.135 e. The van der Waals surface area contributed by atoms with Gasteiger partial charge in [0.1, 0.15) is 12.0 Å². The minimum Gasteiger partial charge on any atom is -0.346 e. The monoisotopic (exact) mass is 718 g/mol. The Kier molecular flexibility index (Phi) is 7.66. The Bertz CT molecular complexity index is 2900. The Hall–Kier alpha value is -7.17. The van der Waals surface area contributed by atoms with Crippen LogP contribution in [0.1, 0.15) is 34.8 Å². The first kappa shape index (κ1) is 32.3. The minimum absolute atomic E-state index is 0.171. The second kappa shape index (κ2) is 13.3. The van der Waals surface area contributed by atoms with E-state index in [4.69, 9.17) is 4.99 Å². The highest BCUT2D eigenvalue weighted by molar-refractivity contribution is 6.10. The summed E-state index contributed by atoms with van der Waals surface area (Å²) in [6.45, 7) is 0. The van der Waals surface area contributed by atoms with Crippen LogP contribution < -0.4 is 10.2 Å².